The van der Waals surface area contributed by atoms with Crippen molar-refractivity contribution in [2.24, 2.45) is 0 Å². The molecule has 0 unspecified atom stereocenters. The Balaban J connectivity index is 1.27. The number of rotatable bonds is 7. The first-order valence-electron chi connectivity index (χ1n) is 9.58. The zero-order chi connectivity index (χ0) is 21.5. The Hall–Kier alpha value is -4.40. The second kappa shape index (κ2) is 9.40. The fourth-order valence-corrected chi connectivity index (χ4v) is 2.89. The van der Waals surface area contributed by atoms with Crippen molar-refractivity contribution in [2.75, 3.05) is 5.32 Å². The number of benzene rings is 1. The minimum absolute atomic E-state index is 0.231. The number of aromatic nitrogens is 3. The Bertz CT molecular complexity index is 1160. The molecule has 3 aromatic heterocycles. The summed E-state index contributed by atoms with van der Waals surface area (Å²) in [5.74, 6) is 0.576. The van der Waals surface area contributed by atoms with Gasteiger partial charge in [-0.05, 0) is 53.6 Å². The molecule has 4 rings (SSSR count). The number of amides is 3. The molecule has 3 heterocycles. The molecule has 1 aromatic carbocycles. The zero-order valence-electron chi connectivity index (χ0n) is 16.5. The molecule has 0 spiro atoms. The minimum atomic E-state index is -0.334. The number of anilines is 1. The third kappa shape index (κ3) is 5.36. The van der Waals surface area contributed by atoms with Crippen LogP contribution in [0.15, 0.2) is 83.9 Å². The third-order valence-electron chi connectivity index (χ3n) is 4.39. The Morgan fingerprint density at radius 1 is 0.935 bits per heavy atom. The minimum Gasteiger partial charge on any atom is -0.459 e. The van der Waals surface area contributed by atoms with Crippen molar-refractivity contribution >= 4 is 17.6 Å². The van der Waals surface area contributed by atoms with E-state index in [-0.39, 0.29) is 17.7 Å². The summed E-state index contributed by atoms with van der Waals surface area (Å²) in [6.07, 6.45) is 6.60. The Labute approximate surface area is 178 Å². The molecular weight excluding hydrogens is 396 g/mol. The summed E-state index contributed by atoms with van der Waals surface area (Å²) < 4.78 is 6.74. The van der Waals surface area contributed by atoms with Gasteiger partial charge < -0.3 is 20.4 Å². The van der Waals surface area contributed by atoms with Crippen molar-refractivity contribution in [1.29, 1.82) is 0 Å². The highest BCUT2D eigenvalue weighted by molar-refractivity contribution is 6.02. The molecule has 3 amide bonds. The van der Waals surface area contributed by atoms with Gasteiger partial charge in [0.25, 0.3) is 5.91 Å². The molecule has 0 bridgehead atoms. The van der Waals surface area contributed by atoms with E-state index in [1.807, 2.05) is 24.3 Å². The summed E-state index contributed by atoms with van der Waals surface area (Å²) in [6.45, 7) is 0.660. The van der Waals surface area contributed by atoms with E-state index < -0.39 is 0 Å². The average Bonchev–Trinajstić information content (AvgIpc) is 3.51. The molecule has 4 aromatic rings. The van der Waals surface area contributed by atoms with E-state index in [9.17, 15) is 9.59 Å². The Morgan fingerprint density at radius 2 is 1.77 bits per heavy atom. The van der Waals surface area contributed by atoms with Gasteiger partial charge in [0.05, 0.1) is 6.26 Å². The largest absolute Gasteiger partial charge is 0.459 e. The SMILES string of the molecule is O=C(NCc1cccc(NC(=O)c2ccco2)c1)NCc1ccnc(-n2cccn2)c1. The topological polar surface area (TPSA) is 114 Å². The molecule has 0 aliphatic rings. The van der Waals surface area contributed by atoms with Gasteiger partial charge in [-0.1, -0.05) is 12.1 Å². The molecule has 0 fully saturated rings. The van der Waals surface area contributed by atoms with Crippen molar-refractivity contribution in [2.45, 2.75) is 13.1 Å². The molecular formula is C22H20N6O3. The van der Waals surface area contributed by atoms with Crippen LogP contribution in [0.5, 0.6) is 0 Å². The molecule has 0 radical (unpaired) electrons. The molecule has 9 nitrogen and oxygen atoms in total. The fraction of sp³-hybridized carbons (Fsp3) is 0.0909. The van der Waals surface area contributed by atoms with Crippen LogP contribution in [-0.4, -0.2) is 26.7 Å². The average molecular weight is 416 g/mol. The predicted molar refractivity (Wildman–Crippen MR) is 114 cm³/mol. The Kier molecular flexibility index (Phi) is 6.03. The summed E-state index contributed by atoms with van der Waals surface area (Å²) in [5.41, 5.74) is 2.36. The van der Waals surface area contributed by atoms with E-state index in [1.165, 1.54) is 6.26 Å². The normalized spacial score (nSPS) is 10.5. The molecule has 0 saturated heterocycles. The number of carbonyl (C=O) groups excluding carboxylic acids is 2. The quantitative estimate of drug-likeness (QED) is 0.428. The van der Waals surface area contributed by atoms with E-state index in [0.29, 0.717) is 24.6 Å². The maximum absolute atomic E-state index is 12.2. The van der Waals surface area contributed by atoms with Crippen molar-refractivity contribution in [1.82, 2.24) is 25.4 Å². The van der Waals surface area contributed by atoms with Crippen LogP contribution in [0, 0.1) is 0 Å². The van der Waals surface area contributed by atoms with Gasteiger partial charge >= 0.3 is 6.03 Å². The van der Waals surface area contributed by atoms with E-state index in [0.717, 1.165) is 11.1 Å². The van der Waals surface area contributed by atoms with Crippen LogP contribution in [0.25, 0.3) is 5.82 Å². The van der Waals surface area contributed by atoms with Gasteiger partial charge in [0.1, 0.15) is 0 Å². The predicted octanol–water partition coefficient (Wildman–Crippen LogP) is 3.11. The summed E-state index contributed by atoms with van der Waals surface area (Å²) in [4.78, 5) is 28.5. The highest BCUT2D eigenvalue weighted by atomic mass is 16.3. The second-order valence-electron chi connectivity index (χ2n) is 6.64. The number of nitrogens with zero attached hydrogens (tertiary/aromatic N) is 3. The van der Waals surface area contributed by atoms with Crippen LogP contribution in [0.1, 0.15) is 21.7 Å². The molecule has 0 atom stereocenters. The second-order valence-corrected chi connectivity index (χ2v) is 6.64. The van der Waals surface area contributed by atoms with Crippen LogP contribution in [-0.2, 0) is 13.1 Å². The van der Waals surface area contributed by atoms with Crippen LogP contribution < -0.4 is 16.0 Å². The molecule has 3 N–H and O–H groups in total. The van der Waals surface area contributed by atoms with E-state index in [1.54, 1.807) is 53.6 Å². The first-order chi connectivity index (χ1) is 15.2. The van der Waals surface area contributed by atoms with E-state index in [4.69, 9.17) is 4.42 Å². The monoisotopic (exact) mass is 416 g/mol. The zero-order valence-corrected chi connectivity index (χ0v) is 16.5. The van der Waals surface area contributed by atoms with Crippen molar-refractivity contribution in [3.63, 3.8) is 0 Å². The number of furan rings is 1. The van der Waals surface area contributed by atoms with Crippen LogP contribution in [0.2, 0.25) is 0 Å². The Morgan fingerprint density at radius 3 is 2.52 bits per heavy atom. The van der Waals surface area contributed by atoms with Gasteiger partial charge in [-0.15, -0.1) is 0 Å². The van der Waals surface area contributed by atoms with Gasteiger partial charge in [0.15, 0.2) is 11.6 Å². The molecule has 0 aliphatic heterocycles. The van der Waals surface area contributed by atoms with E-state index in [2.05, 4.69) is 26.0 Å². The first-order valence-corrected chi connectivity index (χ1v) is 9.58. The summed E-state index contributed by atoms with van der Waals surface area (Å²) in [7, 11) is 0. The number of urea groups is 1. The van der Waals surface area contributed by atoms with Gasteiger partial charge in [0, 0.05) is 37.4 Å². The number of pyridine rings is 1. The fourth-order valence-electron chi connectivity index (χ4n) is 2.89. The van der Waals surface area contributed by atoms with Crippen molar-refractivity contribution in [3.05, 3.63) is 96.3 Å². The summed E-state index contributed by atoms with van der Waals surface area (Å²) >= 11 is 0. The number of hydrogen-bond acceptors (Lipinski definition) is 5. The standard InChI is InChI=1S/C22H20N6O3/c29-21(19-6-2-11-31-19)27-18-5-1-4-16(12-18)14-24-22(30)25-15-17-7-9-23-20(13-17)28-10-3-8-26-28/h1-13H,14-15H2,(H,27,29)(H2,24,25,30). The van der Waals surface area contributed by atoms with Gasteiger partial charge in [-0.3, -0.25) is 4.79 Å². The number of nitrogens with one attached hydrogen (secondary N) is 3. The maximum atomic E-state index is 12.2. The van der Waals surface area contributed by atoms with Gasteiger partial charge in [-0.25, -0.2) is 14.5 Å². The smallest absolute Gasteiger partial charge is 0.315 e. The molecule has 9 heteroatoms. The van der Waals surface area contributed by atoms with Gasteiger partial charge in [0.2, 0.25) is 0 Å². The number of carbonyl (C=O) groups is 2. The highest BCUT2D eigenvalue weighted by Crippen LogP contribution is 2.13. The highest BCUT2D eigenvalue weighted by Gasteiger charge is 2.09. The third-order valence-corrected chi connectivity index (χ3v) is 4.39. The van der Waals surface area contributed by atoms with Crippen LogP contribution >= 0.6 is 0 Å². The van der Waals surface area contributed by atoms with Crippen molar-refractivity contribution in [3.8, 4) is 5.82 Å². The molecule has 156 valence electrons. The lowest BCUT2D eigenvalue weighted by molar-refractivity contribution is 0.0996. The molecule has 0 saturated carbocycles. The first kappa shape index (κ1) is 19.9. The maximum Gasteiger partial charge on any atom is 0.315 e. The summed E-state index contributed by atoms with van der Waals surface area (Å²) in [6, 6.07) is 15.7. The number of hydrogen-bond donors (Lipinski definition) is 3. The lowest BCUT2D eigenvalue weighted by Crippen LogP contribution is -2.34. The van der Waals surface area contributed by atoms with Gasteiger partial charge in [-0.2, -0.15) is 5.10 Å². The summed E-state index contributed by atoms with van der Waals surface area (Å²) in [5, 5.41) is 12.5. The van der Waals surface area contributed by atoms with Crippen LogP contribution in [0.4, 0.5) is 10.5 Å². The molecule has 0 aliphatic carbocycles. The lowest BCUT2D eigenvalue weighted by atomic mass is 10.2. The lowest BCUT2D eigenvalue weighted by Gasteiger charge is -2.10. The van der Waals surface area contributed by atoms with Crippen LogP contribution in [0.3, 0.4) is 0 Å². The molecule has 31 heavy (non-hydrogen) atoms. The van der Waals surface area contributed by atoms with E-state index >= 15 is 0 Å². The van der Waals surface area contributed by atoms with Crippen molar-refractivity contribution < 1.29 is 14.0 Å².